The number of rotatable bonds is 5. The lowest BCUT2D eigenvalue weighted by atomic mass is 10.3. The van der Waals surface area contributed by atoms with Gasteiger partial charge in [0.2, 0.25) is 5.95 Å². The second kappa shape index (κ2) is 4.99. The third-order valence-corrected chi connectivity index (χ3v) is 1.72. The Kier molecular flexibility index (Phi) is 3.89. The molecule has 0 aromatic carbocycles. The predicted octanol–water partition coefficient (Wildman–Crippen LogP) is 0.657. The molecule has 96 valence electrons. The maximum atomic E-state index is 12.6. The van der Waals surface area contributed by atoms with Gasteiger partial charge in [-0.05, 0) is 0 Å². The second-order valence-corrected chi connectivity index (χ2v) is 3.06. The number of hydrogen-bond donors (Lipinski definition) is 4. The molecule has 0 aliphatic rings. The highest BCUT2D eigenvalue weighted by molar-refractivity contribution is 5.50. The largest absolute Gasteiger partial charge is 0.368 e. The van der Waals surface area contributed by atoms with Crippen LogP contribution in [0, 0.1) is 0 Å². The summed E-state index contributed by atoms with van der Waals surface area (Å²) in [5, 5.41) is 2.03. The summed E-state index contributed by atoms with van der Waals surface area (Å²) in [5.74, 6) is 0.572. The highest BCUT2D eigenvalue weighted by Crippen LogP contribution is 2.23. The van der Waals surface area contributed by atoms with Crippen molar-refractivity contribution in [1.29, 1.82) is 0 Å². The van der Waals surface area contributed by atoms with Gasteiger partial charge in [0.05, 0.1) is 6.54 Å². The van der Waals surface area contributed by atoms with Crippen LogP contribution >= 0.6 is 0 Å². The molecule has 0 bridgehead atoms. The van der Waals surface area contributed by atoms with Crippen molar-refractivity contribution in [2.45, 2.75) is 12.3 Å². The van der Waals surface area contributed by atoms with Crippen LogP contribution in [0.25, 0.3) is 0 Å². The molecule has 0 atom stereocenters. The van der Waals surface area contributed by atoms with E-state index >= 15 is 0 Å². The van der Waals surface area contributed by atoms with Crippen molar-refractivity contribution in [3.8, 4) is 0 Å². The van der Waals surface area contributed by atoms with E-state index in [1.165, 1.54) is 0 Å². The summed E-state index contributed by atoms with van der Waals surface area (Å²) in [4.78, 5) is 7.11. The fourth-order valence-electron chi connectivity index (χ4n) is 0.916. The molecule has 0 unspecified atom stereocenters. The lowest BCUT2D eigenvalue weighted by molar-refractivity contribution is -0.117. The summed E-state index contributed by atoms with van der Waals surface area (Å²) in [5.41, 5.74) is 7.36. The molecule has 0 aliphatic carbocycles. The van der Waals surface area contributed by atoms with E-state index in [1.54, 1.807) is 0 Å². The first-order valence-corrected chi connectivity index (χ1v) is 4.36. The van der Waals surface area contributed by atoms with Gasteiger partial charge in [-0.2, -0.15) is 18.7 Å². The van der Waals surface area contributed by atoms with Gasteiger partial charge in [0, 0.05) is 6.07 Å². The lowest BCUT2D eigenvalue weighted by Crippen LogP contribution is -2.35. The summed E-state index contributed by atoms with van der Waals surface area (Å²) < 4.78 is 48.9. The van der Waals surface area contributed by atoms with Crippen molar-refractivity contribution in [3.05, 3.63) is 6.07 Å². The molecule has 0 aliphatic heterocycles. The van der Waals surface area contributed by atoms with Gasteiger partial charge in [0.25, 0.3) is 0 Å². The molecule has 1 aromatic rings. The van der Waals surface area contributed by atoms with E-state index in [-0.39, 0.29) is 17.6 Å². The normalized spacial score (nSPS) is 11.6. The van der Waals surface area contributed by atoms with E-state index in [9.17, 15) is 17.6 Å². The highest BCUT2D eigenvalue weighted by atomic mass is 19.3. The van der Waals surface area contributed by atoms with Crippen molar-refractivity contribution in [2.75, 3.05) is 23.0 Å². The summed E-state index contributed by atoms with van der Waals surface area (Å²) in [6.45, 7) is -1.27. The Labute approximate surface area is 93.4 Å². The smallest absolute Gasteiger partial charge is 0.324 e. The van der Waals surface area contributed by atoms with Crippen LogP contribution in [0.1, 0.15) is 0 Å². The van der Waals surface area contributed by atoms with E-state index in [4.69, 9.17) is 11.6 Å². The third-order valence-electron chi connectivity index (χ3n) is 1.72. The van der Waals surface area contributed by atoms with E-state index < -0.39 is 18.9 Å². The molecule has 1 aromatic heterocycles. The van der Waals surface area contributed by atoms with Crippen LogP contribution in [0.4, 0.5) is 35.1 Å². The third kappa shape index (κ3) is 3.59. The average Bonchev–Trinajstić information content (AvgIpc) is 2.25. The van der Waals surface area contributed by atoms with Gasteiger partial charge < -0.3 is 16.5 Å². The van der Waals surface area contributed by atoms with E-state index in [1.807, 2.05) is 5.32 Å². The monoisotopic (exact) mass is 254 g/mol. The van der Waals surface area contributed by atoms with E-state index in [2.05, 4.69) is 15.4 Å². The first-order valence-electron chi connectivity index (χ1n) is 4.36. The molecule has 10 heteroatoms. The topological polar surface area (TPSA) is 102 Å². The molecule has 0 radical (unpaired) electrons. The van der Waals surface area contributed by atoms with Crippen molar-refractivity contribution < 1.29 is 17.6 Å². The number of aromatic nitrogens is 2. The fourth-order valence-corrected chi connectivity index (χ4v) is 0.916. The summed E-state index contributed by atoms with van der Waals surface area (Å²) in [7, 11) is 0. The van der Waals surface area contributed by atoms with E-state index in [0.29, 0.717) is 0 Å². The number of nitrogens with two attached hydrogens (primary N) is 2. The summed E-state index contributed by atoms with van der Waals surface area (Å²) in [6.07, 6.45) is -3.76. The first-order chi connectivity index (χ1) is 7.85. The number of halogens is 4. The standard InChI is InChI=1S/C7H10F4N6/c8-5(9)7(10,11)2-14-3-1-4(17-13)16-6(12)15-3/h1,5H,2,13H2,(H4,12,14,15,16,17). The number of nitrogens with zero attached hydrogens (tertiary/aromatic N) is 2. The molecule has 6 nitrogen and oxygen atoms in total. The molecule has 1 heterocycles. The lowest BCUT2D eigenvalue weighted by Gasteiger charge is -2.16. The molecule has 0 amide bonds. The van der Waals surface area contributed by atoms with Gasteiger partial charge >= 0.3 is 12.3 Å². The average molecular weight is 254 g/mol. The van der Waals surface area contributed by atoms with Gasteiger partial charge in [-0.1, -0.05) is 0 Å². The van der Waals surface area contributed by atoms with Crippen LogP contribution in [0.5, 0.6) is 0 Å². The predicted molar refractivity (Wildman–Crippen MR) is 53.7 cm³/mol. The minimum Gasteiger partial charge on any atom is -0.368 e. The molecule has 0 fully saturated rings. The van der Waals surface area contributed by atoms with Crippen LogP contribution in [-0.2, 0) is 0 Å². The Morgan fingerprint density at radius 3 is 2.41 bits per heavy atom. The Balaban J connectivity index is 2.72. The molecule has 0 saturated carbocycles. The van der Waals surface area contributed by atoms with Crippen molar-refractivity contribution in [2.24, 2.45) is 5.84 Å². The molecule has 0 saturated heterocycles. The number of nitrogen functional groups attached to an aromatic ring is 2. The maximum Gasteiger partial charge on any atom is 0.324 e. The number of hydrogen-bond acceptors (Lipinski definition) is 6. The van der Waals surface area contributed by atoms with Crippen molar-refractivity contribution in [3.63, 3.8) is 0 Å². The SMILES string of the molecule is NNc1cc(NCC(F)(F)C(F)F)nc(N)n1. The summed E-state index contributed by atoms with van der Waals surface area (Å²) in [6, 6.07) is 1.15. The van der Waals surface area contributed by atoms with Gasteiger partial charge in [-0.3, -0.25) is 0 Å². The van der Waals surface area contributed by atoms with Crippen molar-refractivity contribution in [1.82, 2.24) is 9.97 Å². The number of hydrazine groups is 1. The molecule has 1 rings (SSSR count). The van der Waals surface area contributed by atoms with Crippen LogP contribution in [0.3, 0.4) is 0 Å². The van der Waals surface area contributed by atoms with Crippen LogP contribution < -0.4 is 22.3 Å². The Morgan fingerprint density at radius 1 is 1.29 bits per heavy atom. The van der Waals surface area contributed by atoms with Gasteiger partial charge in [0.15, 0.2) is 0 Å². The minimum atomic E-state index is -4.16. The Bertz CT molecular complexity index is 385. The Hall–Kier alpha value is -1.84. The highest BCUT2D eigenvalue weighted by Gasteiger charge is 2.40. The quantitative estimate of drug-likeness (QED) is 0.350. The number of alkyl halides is 4. The molecular weight excluding hydrogens is 244 g/mol. The van der Waals surface area contributed by atoms with Gasteiger partial charge in [0.1, 0.15) is 11.6 Å². The second-order valence-electron chi connectivity index (χ2n) is 3.06. The number of nitrogens with one attached hydrogen (secondary N) is 2. The molecule has 17 heavy (non-hydrogen) atoms. The molecule has 6 N–H and O–H groups in total. The van der Waals surface area contributed by atoms with Gasteiger partial charge in [-0.15, -0.1) is 0 Å². The number of anilines is 3. The van der Waals surface area contributed by atoms with Crippen molar-refractivity contribution >= 4 is 17.6 Å². The minimum absolute atomic E-state index is 0.0698. The van der Waals surface area contributed by atoms with Crippen LogP contribution in [0.2, 0.25) is 0 Å². The zero-order valence-corrected chi connectivity index (χ0v) is 8.42. The molecule has 0 spiro atoms. The zero-order chi connectivity index (χ0) is 13.1. The zero-order valence-electron chi connectivity index (χ0n) is 8.42. The maximum absolute atomic E-state index is 12.6. The Morgan fingerprint density at radius 2 is 1.88 bits per heavy atom. The first kappa shape index (κ1) is 13.2. The van der Waals surface area contributed by atoms with Crippen LogP contribution in [-0.4, -0.2) is 28.9 Å². The summed E-state index contributed by atoms with van der Waals surface area (Å²) >= 11 is 0. The van der Waals surface area contributed by atoms with Gasteiger partial charge in [-0.25, -0.2) is 14.6 Å². The van der Waals surface area contributed by atoms with Crippen LogP contribution in [0.15, 0.2) is 6.07 Å². The van der Waals surface area contributed by atoms with E-state index in [0.717, 1.165) is 6.07 Å². The fraction of sp³-hybridized carbons (Fsp3) is 0.429. The molecular formula is C7H10F4N6.